The molecular weight excluding hydrogens is 316 g/mol. The minimum absolute atomic E-state index is 0.139. The average Bonchev–Trinajstić information content (AvgIpc) is 3.00. The summed E-state index contributed by atoms with van der Waals surface area (Å²) < 4.78 is 5.34. The molecule has 136 valence electrons. The third-order valence-electron chi connectivity index (χ3n) is 4.33. The number of nitrogens with zero attached hydrogens (tertiary/aromatic N) is 2. The van der Waals surface area contributed by atoms with Gasteiger partial charge in [-0.3, -0.25) is 4.98 Å². The van der Waals surface area contributed by atoms with Gasteiger partial charge in [-0.05, 0) is 30.9 Å². The first kappa shape index (κ1) is 19.0. The summed E-state index contributed by atoms with van der Waals surface area (Å²) >= 11 is 0. The Morgan fingerprint density at radius 1 is 1.28 bits per heavy atom. The van der Waals surface area contributed by atoms with E-state index in [9.17, 15) is 4.79 Å². The molecule has 1 atom stereocenters. The molecule has 0 fully saturated rings. The Labute approximate surface area is 149 Å². The number of carbonyl (C=O) groups is 1. The van der Waals surface area contributed by atoms with E-state index in [1.165, 1.54) is 0 Å². The second kappa shape index (κ2) is 8.65. The van der Waals surface area contributed by atoms with Crippen LogP contribution in [0.25, 0.3) is 0 Å². The largest absolute Gasteiger partial charge is 0.361 e. The zero-order chi connectivity index (χ0) is 18.4. The summed E-state index contributed by atoms with van der Waals surface area (Å²) in [5.74, 6) is 1.06. The highest BCUT2D eigenvalue weighted by Gasteiger charge is 2.22. The highest BCUT2D eigenvalue weighted by atomic mass is 16.5. The maximum Gasteiger partial charge on any atom is 0.315 e. The second-order valence-electron chi connectivity index (χ2n) is 6.49. The minimum atomic E-state index is -0.214. The zero-order valence-corrected chi connectivity index (χ0v) is 15.7. The van der Waals surface area contributed by atoms with Crippen molar-refractivity contribution in [3.8, 4) is 0 Å². The van der Waals surface area contributed by atoms with Crippen molar-refractivity contribution in [1.29, 1.82) is 0 Å². The van der Waals surface area contributed by atoms with Gasteiger partial charge in [-0.2, -0.15) is 0 Å². The van der Waals surface area contributed by atoms with Crippen LogP contribution < -0.4 is 10.6 Å². The van der Waals surface area contributed by atoms with Crippen molar-refractivity contribution in [2.24, 2.45) is 5.92 Å². The molecule has 25 heavy (non-hydrogen) atoms. The van der Waals surface area contributed by atoms with Crippen molar-refractivity contribution >= 4 is 6.03 Å². The summed E-state index contributed by atoms with van der Waals surface area (Å²) in [4.78, 5) is 16.9. The summed E-state index contributed by atoms with van der Waals surface area (Å²) in [6, 6.07) is 3.56. The number of carbonyl (C=O) groups excluding carboxylic acids is 1. The minimum Gasteiger partial charge on any atom is -0.361 e. The van der Waals surface area contributed by atoms with E-state index in [0.29, 0.717) is 6.54 Å². The lowest BCUT2D eigenvalue weighted by atomic mass is 9.97. The summed E-state index contributed by atoms with van der Waals surface area (Å²) in [6.07, 6.45) is 3.30. The fourth-order valence-corrected chi connectivity index (χ4v) is 2.87. The van der Waals surface area contributed by atoms with Crippen LogP contribution >= 0.6 is 0 Å². The van der Waals surface area contributed by atoms with Gasteiger partial charge in [-0.25, -0.2) is 4.79 Å². The van der Waals surface area contributed by atoms with E-state index < -0.39 is 0 Å². The van der Waals surface area contributed by atoms with Crippen LogP contribution in [0.4, 0.5) is 4.79 Å². The number of rotatable bonds is 7. The molecular formula is C19H28N4O2. The van der Waals surface area contributed by atoms with Crippen molar-refractivity contribution in [2.75, 3.05) is 0 Å². The van der Waals surface area contributed by atoms with E-state index in [1.54, 1.807) is 6.20 Å². The third-order valence-corrected chi connectivity index (χ3v) is 4.33. The Balaban J connectivity index is 2.06. The number of pyridine rings is 1. The normalized spacial score (nSPS) is 12.2. The molecule has 0 aliphatic carbocycles. The molecule has 2 rings (SSSR count). The van der Waals surface area contributed by atoms with Crippen molar-refractivity contribution in [2.45, 2.75) is 60.0 Å². The summed E-state index contributed by atoms with van der Waals surface area (Å²) in [5.41, 5.74) is 3.86. The van der Waals surface area contributed by atoms with Crippen LogP contribution in [0.15, 0.2) is 22.9 Å². The van der Waals surface area contributed by atoms with Gasteiger partial charge in [0.2, 0.25) is 0 Å². The standard InChI is InChI=1S/C19H28N4O2/c1-6-15-14(16(7-2)25-23-15)11-21-19(24)22-17(12(3)4)18-13(5)9-8-10-20-18/h8-10,12,17H,6-7,11H2,1-5H3,(H2,21,22,24)/t17-/m0/s1. The van der Waals surface area contributed by atoms with Gasteiger partial charge >= 0.3 is 6.03 Å². The van der Waals surface area contributed by atoms with Gasteiger partial charge in [0, 0.05) is 24.7 Å². The van der Waals surface area contributed by atoms with Gasteiger partial charge in [0.05, 0.1) is 17.4 Å². The van der Waals surface area contributed by atoms with Crippen molar-refractivity contribution < 1.29 is 9.32 Å². The smallest absolute Gasteiger partial charge is 0.315 e. The van der Waals surface area contributed by atoms with E-state index in [2.05, 4.69) is 34.6 Å². The summed E-state index contributed by atoms with van der Waals surface area (Å²) in [6.45, 7) is 10.6. The first-order valence-corrected chi connectivity index (χ1v) is 8.90. The Bertz CT molecular complexity index is 688. The molecule has 2 amide bonds. The molecule has 2 heterocycles. The predicted molar refractivity (Wildman–Crippen MR) is 97.2 cm³/mol. The van der Waals surface area contributed by atoms with Crippen molar-refractivity contribution in [3.63, 3.8) is 0 Å². The Kier molecular flexibility index (Phi) is 6.56. The van der Waals surface area contributed by atoms with Crippen LogP contribution in [0, 0.1) is 12.8 Å². The highest BCUT2D eigenvalue weighted by molar-refractivity contribution is 5.74. The fourth-order valence-electron chi connectivity index (χ4n) is 2.87. The molecule has 0 unspecified atom stereocenters. The van der Waals surface area contributed by atoms with Crippen LogP contribution in [0.3, 0.4) is 0 Å². The van der Waals surface area contributed by atoms with Crippen LogP contribution in [0.1, 0.15) is 62.0 Å². The first-order valence-electron chi connectivity index (χ1n) is 8.90. The third kappa shape index (κ3) is 4.59. The molecule has 6 heteroatoms. The lowest BCUT2D eigenvalue weighted by Gasteiger charge is -2.23. The SMILES string of the molecule is CCc1noc(CC)c1CNC(=O)N[C@H](c1ncccc1C)C(C)C. The molecule has 2 aromatic rings. The van der Waals surface area contributed by atoms with E-state index >= 15 is 0 Å². The van der Waals surface area contributed by atoms with Gasteiger partial charge in [0.15, 0.2) is 0 Å². The first-order chi connectivity index (χ1) is 12.0. The molecule has 0 spiro atoms. The van der Waals surface area contributed by atoms with Gasteiger partial charge in [0.1, 0.15) is 5.76 Å². The van der Waals surface area contributed by atoms with E-state index in [1.807, 2.05) is 32.9 Å². The number of nitrogens with one attached hydrogen (secondary N) is 2. The molecule has 0 radical (unpaired) electrons. The van der Waals surface area contributed by atoms with Gasteiger partial charge < -0.3 is 15.2 Å². The average molecular weight is 344 g/mol. The Morgan fingerprint density at radius 3 is 2.64 bits per heavy atom. The Hall–Kier alpha value is -2.37. The second-order valence-corrected chi connectivity index (χ2v) is 6.49. The van der Waals surface area contributed by atoms with Crippen LogP contribution in [-0.2, 0) is 19.4 Å². The van der Waals surface area contributed by atoms with Crippen molar-refractivity contribution in [3.05, 3.63) is 46.6 Å². The topological polar surface area (TPSA) is 80.0 Å². The fraction of sp³-hybridized carbons (Fsp3) is 0.526. The quantitative estimate of drug-likeness (QED) is 0.802. The predicted octanol–water partition coefficient (Wildman–Crippen LogP) is 3.70. The number of aromatic nitrogens is 2. The maximum absolute atomic E-state index is 12.4. The lowest BCUT2D eigenvalue weighted by molar-refractivity contribution is 0.232. The van der Waals surface area contributed by atoms with Crippen LogP contribution in [0.2, 0.25) is 0 Å². The summed E-state index contributed by atoms with van der Waals surface area (Å²) in [7, 11) is 0. The van der Waals surface area contributed by atoms with E-state index in [0.717, 1.165) is 41.1 Å². The van der Waals surface area contributed by atoms with Gasteiger partial charge in [0.25, 0.3) is 0 Å². The van der Waals surface area contributed by atoms with Gasteiger partial charge in [-0.15, -0.1) is 0 Å². The van der Waals surface area contributed by atoms with Crippen molar-refractivity contribution in [1.82, 2.24) is 20.8 Å². The van der Waals surface area contributed by atoms with Crippen LogP contribution in [-0.4, -0.2) is 16.2 Å². The monoisotopic (exact) mass is 344 g/mol. The molecule has 0 saturated heterocycles. The number of hydrogen-bond acceptors (Lipinski definition) is 4. The molecule has 0 aliphatic heterocycles. The molecule has 0 saturated carbocycles. The summed E-state index contributed by atoms with van der Waals surface area (Å²) in [5, 5.41) is 10.1. The van der Waals surface area contributed by atoms with Gasteiger partial charge in [-0.1, -0.05) is 38.9 Å². The number of amides is 2. The molecule has 6 nitrogen and oxygen atoms in total. The molecule has 0 aromatic carbocycles. The highest BCUT2D eigenvalue weighted by Crippen LogP contribution is 2.22. The van der Waals surface area contributed by atoms with E-state index in [4.69, 9.17) is 4.52 Å². The number of hydrogen-bond donors (Lipinski definition) is 2. The maximum atomic E-state index is 12.4. The number of urea groups is 1. The van der Waals surface area contributed by atoms with Crippen LogP contribution in [0.5, 0.6) is 0 Å². The van der Waals surface area contributed by atoms with E-state index in [-0.39, 0.29) is 18.0 Å². The lowest BCUT2D eigenvalue weighted by Crippen LogP contribution is -2.40. The zero-order valence-electron chi connectivity index (χ0n) is 15.7. The molecule has 0 aliphatic rings. The molecule has 2 N–H and O–H groups in total. The number of aryl methyl sites for hydroxylation is 3. The molecule has 2 aromatic heterocycles. The molecule has 0 bridgehead atoms. The Morgan fingerprint density at radius 2 is 2.04 bits per heavy atom.